The first-order valence-corrected chi connectivity index (χ1v) is 11.7. The standard InChI is InChI=1S/C20H20Cl2FN3O4S/c21-16-3-1-2-4-18(16)31(29,30)24-8-7-19(27)25-9-11-26(12-10-25)20(28)15-6-5-14(23)13-17(15)22/h1-6,13,24H,7-12H2. The van der Waals surface area contributed by atoms with Crippen LogP contribution in [0.25, 0.3) is 0 Å². The van der Waals surface area contributed by atoms with Gasteiger partial charge in [0.2, 0.25) is 15.9 Å². The minimum atomic E-state index is -3.82. The number of benzene rings is 2. The van der Waals surface area contributed by atoms with Gasteiger partial charge in [-0.1, -0.05) is 35.3 Å². The van der Waals surface area contributed by atoms with E-state index >= 15 is 0 Å². The lowest BCUT2D eigenvalue weighted by Gasteiger charge is -2.35. The topological polar surface area (TPSA) is 86.8 Å². The Balaban J connectivity index is 1.49. The third-order valence-corrected chi connectivity index (χ3v) is 7.11. The van der Waals surface area contributed by atoms with Crippen LogP contribution in [0.15, 0.2) is 47.4 Å². The van der Waals surface area contributed by atoms with Gasteiger partial charge in [-0.25, -0.2) is 17.5 Å². The summed E-state index contributed by atoms with van der Waals surface area (Å²) in [7, 11) is -3.82. The molecule has 31 heavy (non-hydrogen) atoms. The van der Waals surface area contributed by atoms with Gasteiger partial charge in [-0.05, 0) is 30.3 Å². The van der Waals surface area contributed by atoms with Crippen LogP contribution < -0.4 is 4.72 Å². The number of nitrogens with one attached hydrogen (secondary N) is 1. The quantitative estimate of drug-likeness (QED) is 0.678. The molecular formula is C20H20Cl2FN3O4S. The third kappa shape index (κ3) is 5.74. The lowest BCUT2D eigenvalue weighted by Crippen LogP contribution is -2.51. The number of carbonyl (C=O) groups is 2. The van der Waals surface area contributed by atoms with Crippen molar-refractivity contribution in [2.45, 2.75) is 11.3 Å². The highest BCUT2D eigenvalue weighted by atomic mass is 35.5. The molecule has 0 saturated carbocycles. The number of rotatable bonds is 6. The molecule has 2 aromatic rings. The molecule has 1 fully saturated rings. The molecule has 1 aliphatic rings. The van der Waals surface area contributed by atoms with E-state index < -0.39 is 15.8 Å². The third-order valence-electron chi connectivity index (χ3n) is 4.84. The number of hydrogen-bond donors (Lipinski definition) is 1. The molecule has 0 atom stereocenters. The first kappa shape index (κ1) is 23.5. The Morgan fingerprint density at radius 1 is 0.968 bits per heavy atom. The summed E-state index contributed by atoms with van der Waals surface area (Å²) in [5.74, 6) is -1.08. The fourth-order valence-corrected chi connectivity index (χ4v) is 4.98. The van der Waals surface area contributed by atoms with E-state index in [0.29, 0.717) is 26.2 Å². The van der Waals surface area contributed by atoms with Gasteiger partial charge in [-0.2, -0.15) is 0 Å². The summed E-state index contributed by atoms with van der Waals surface area (Å²) < 4.78 is 40.2. The summed E-state index contributed by atoms with van der Waals surface area (Å²) in [5, 5.41) is 0.137. The first-order chi connectivity index (χ1) is 14.7. The van der Waals surface area contributed by atoms with Crippen molar-refractivity contribution in [1.82, 2.24) is 14.5 Å². The molecule has 0 aliphatic carbocycles. The van der Waals surface area contributed by atoms with E-state index in [0.717, 1.165) is 6.07 Å². The van der Waals surface area contributed by atoms with Crippen molar-refractivity contribution in [3.8, 4) is 0 Å². The average molecular weight is 488 g/mol. The summed E-state index contributed by atoms with van der Waals surface area (Å²) in [5.41, 5.74) is 0.205. The summed E-state index contributed by atoms with van der Waals surface area (Å²) in [6, 6.07) is 9.63. The number of nitrogens with zero attached hydrogens (tertiary/aromatic N) is 2. The Labute approximate surface area is 189 Å². The molecule has 1 aliphatic heterocycles. The number of amides is 2. The fraction of sp³-hybridized carbons (Fsp3) is 0.300. The van der Waals surface area contributed by atoms with E-state index in [1.165, 1.54) is 24.3 Å². The second kappa shape index (κ2) is 9.95. The molecule has 166 valence electrons. The van der Waals surface area contributed by atoms with E-state index in [-0.39, 0.29) is 45.3 Å². The SMILES string of the molecule is O=C(CCNS(=O)(=O)c1ccccc1Cl)N1CCN(C(=O)c2ccc(F)cc2Cl)CC1. The maximum Gasteiger partial charge on any atom is 0.255 e. The highest BCUT2D eigenvalue weighted by Crippen LogP contribution is 2.21. The zero-order chi connectivity index (χ0) is 22.6. The summed E-state index contributed by atoms with van der Waals surface area (Å²) in [6.45, 7) is 1.13. The summed E-state index contributed by atoms with van der Waals surface area (Å²) in [6.07, 6.45) is -0.0264. The maximum absolute atomic E-state index is 13.2. The number of sulfonamides is 1. The van der Waals surface area contributed by atoms with E-state index in [9.17, 15) is 22.4 Å². The second-order valence-corrected chi connectivity index (χ2v) is 9.43. The highest BCUT2D eigenvalue weighted by molar-refractivity contribution is 7.89. The number of halogens is 3. The van der Waals surface area contributed by atoms with Crippen LogP contribution in [-0.2, 0) is 14.8 Å². The Morgan fingerprint density at radius 3 is 2.26 bits per heavy atom. The van der Waals surface area contributed by atoms with Crippen molar-refractivity contribution >= 4 is 45.0 Å². The molecule has 3 rings (SSSR count). The van der Waals surface area contributed by atoms with Gasteiger partial charge in [0, 0.05) is 39.1 Å². The van der Waals surface area contributed by atoms with Crippen LogP contribution in [0.5, 0.6) is 0 Å². The predicted octanol–water partition coefficient (Wildman–Crippen LogP) is 2.79. The molecule has 1 saturated heterocycles. The predicted molar refractivity (Wildman–Crippen MR) is 115 cm³/mol. The van der Waals surface area contributed by atoms with Crippen molar-refractivity contribution in [3.05, 3.63) is 63.9 Å². The molecule has 1 heterocycles. The van der Waals surface area contributed by atoms with Crippen LogP contribution >= 0.6 is 23.2 Å². The monoisotopic (exact) mass is 487 g/mol. The van der Waals surface area contributed by atoms with Gasteiger partial charge in [0.15, 0.2) is 0 Å². The van der Waals surface area contributed by atoms with Crippen LogP contribution in [0.2, 0.25) is 10.0 Å². The number of hydrogen-bond acceptors (Lipinski definition) is 4. The van der Waals surface area contributed by atoms with Crippen molar-refractivity contribution in [2.24, 2.45) is 0 Å². The van der Waals surface area contributed by atoms with Crippen LogP contribution in [-0.4, -0.2) is 62.8 Å². The van der Waals surface area contributed by atoms with Gasteiger partial charge in [0.1, 0.15) is 10.7 Å². The van der Waals surface area contributed by atoms with Gasteiger partial charge in [-0.3, -0.25) is 9.59 Å². The molecule has 0 radical (unpaired) electrons. The minimum absolute atomic E-state index is 0.0264. The fourth-order valence-electron chi connectivity index (χ4n) is 3.18. The normalized spacial score (nSPS) is 14.5. The lowest BCUT2D eigenvalue weighted by molar-refractivity contribution is -0.132. The van der Waals surface area contributed by atoms with Gasteiger partial charge < -0.3 is 9.80 Å². The Morgan fingerprint density at radius 2 is 1.61 bits per heavy atom. The molecule has 0 aromatic heterocycles. The van der Waals surface area contributed by atoms with Crippen LogP contribution in [0.4, 0.5) is 4.39 Å². The van der Waals surface area contributed by atoms with Crippen molar-refractivity contribution in [3.63, 3.8) is 0 Å². The van der Waals surface area contributed by atoms with Crippen LogP contribution in [0, 0.1) is 5.82 Å². The largest absolute Gasteiger partial charge is 0.339 e. The molecule has 11 heteroatoms. The Kier molecular flexibility index (Phi) is 7.53. The average Bonchev–Trinajstić information content (AvgIpc) is 2.73. The smallest absolute Gasteiger partial charge is 0.255 e. The van der Waals surface area contributed by atoms with Crippen molar-refractivity contribution < 1.29 is 22.4 Å². The maximum atomic E-state index is 13.2. The summed E-state index contributed by atoms with van der Waals surface area (Å²) >= 11 is 11.9. The molecule has 2 aromatic carbocycles. The molecule has 2 amide bonds. The Hall–Kier alpha value is -2.20. The number of carbonyl (C=O) groups excluding carboxylic acids is 2. The molecular weight excluding hydrogens is 468 g/mol. The van der Waals surface area contributed by atoms with Gasteiger partial charge in [0.25, 0.3) is 5.91 Å². The van der Waals surface area contributed by atoms with E-state index in [1.807, 2.05) is 0 Å². The highest BCUT2D eigenvalue weighted by Gasteiger charge is 2.26. The van der Waals surface area contributed by atoms with E-state index in [4.69, 9.17) is 23.2 Å². The van der Waals surface area contributed by atoms with Crippen LogP contribution in [0.1, 0.15) is 16.8 Å². The molecule has 1 N–H and O–H groups in total. The first-order valence-electron chi connectivity index (χ1n) is 9.45. The van der Waals surface area contributed by atoms with Crippen LogP contribution in [0.3, 0.4) is 0 Å². The number of piperazine rings is 1. The molecule has 0 unspecified atom stereocenters. The zero-order valence-corrected chi connectivity index (χ0v) is 18.7. The van der Waals surface area contributed by atoms with Gasteiger partial charge >= 0.3 is 0 Å². The molecule has 0 bridgehead atoms. The second-order valence-electron chi connectivity index (χ2n) is 6.88. The summed E-state index contributed by atoms with van der Waals surface area (Å²) in [4.78, 5) is 28.1. The van der Waals surface area contributed by atoms with Crippen molar-refractivity contribution in [2.75, 3.05) is 32.7 Å². The zero-order valence-electron chi connectivity index (χ0n) is 16.4. The van der Waals surface area contributed by atoms with Gasteiger partial charge in [-0.15, -0.1) is 0 Å². The Bertz CT molecular complexity index is 1090. The van der Waals surface area contributed by atoms with Gasteiger partial charge in [0.05, 0.1) is 15.6 Å². The minimum Gasteiger partial charge on any atom is -0.339 e. The molecule has 7 nitrogen and oxygen atoms in total. The van der Waals surface area contributed by atoms with E-state index in [1.54, 1.807) is 21.9 Å². The van der Waals surface area contributed by atoms with E-state index in [2.05, 4.69) is 4.72 Å². The molecule has 0 spiro atoms. The van der Waals surface area contributed by atoms with Crippen molar-refractivity contribution in [1.29, 1.82) is 0 Å². The lowest BCUT2D eigenvalue weighted by atomic mass is 10.1.